The molecular formula is C20H26O4. The Bertz CT molecular complexity index is 679. The van der Waals surface area contributed by atoms with E-state index in [2.05, 4.69) is 19.6 Å². The van der Waals surface area contributed by atoms with Gasteiger partial charge in [-0.05, 0) is 49.5 Å². The van der Waals surface area contributed by atoms with Crippen LogP contribution < -0.4 is 0 Å². The first-order valence-electron chi connectivity index (χ1n) is 9.01. The largest absolute Gasteiger partial charge is 0.460 e. The van der Waals surface area contributed by atoms with Crippen molar-refractivity contribution in [1.29, 1.82) is 0 Å². The number of rotatable bonds is 1. The lowest BCUT2D eigenvalue weighted by Gasteiger charge is -2.68. The number of ether oxygens (including phenoxy) is 1. The second kappa shape index (κ2) is 4.60. The Kier molecular flexibility index (Phi) is 3.08. The Morgan fingerprint density at radius 2 is 2.08 bits per heavy atom. The Morgan fingerprint density at radius 3 is 2.71 bits per heavy atom. The summed E-state index contributed by atoms with van der Waals surface area (Å²) < 4.78 is 5.27. The first-order chi connectivity index (χ1) is 11.2. The number of fused-ring (bicyclic) bond motifs is 5. The summed E-state index contributed by atoms with van der Waals surface area (Å²) in [5.74, 6) is 0.0683. The first kappa shape index (κ1) is 16.1. The third kappa shape index (κ3) is 1.46. The lowest BCUT2D eigenvalue weighted by atomic mass is 9.39. The number of carbonyl (C=O) groups excluding carboxylic acids is 2. The quantitative estimate of drug-likeness (QED) is 0.751. The highest BCUT2D eigenvalue weighted by atomic mass is 16.6. The predicted molar refractivity (Wildman–Crippen MR) is 88.9 cm³/mol. The highest BCUT2D eigenvalue weighted by Gasteiger charge is 2.79. The molecule has 1 aliphatic heterocycles. The van der Waals surface area contributed by atoms with Gasteiger partial charge in [0.05, 0.1) is 0 Å². The molecule has 4 rings (SSSR count). The van der Waals surface area contributed by atoms with Gasteiger partial charge in [0.2, 0.25) is 0 Å². The van der Waals surface area contributed by atoms with Gasteiger partial charge in [-0.2, -0.15) is 0 Å². The van der Waals surface area contributed by atoms with Crippen LogP contribution in [-0.2, 0) is 14.3 Å². The van der Waals surface area contributed by atoms with Crippen molar-refractivity contribution in [1.82, 2.24) is 0 Å². The number of allylic oxidation sites excluding steroid dienone is 3. The van der Waals surface area contributed by atoms with Gasteiger partial charge in [0, 0.05) is 11.8 Å². The number of hydrogen-bond acceptors (Lipinski definition) is 4. The molecule has 130 valence electrons. The second-order valence-corrected chi connectivity index (χ2v) is 8.59. The number of aliphatic hydroxyl groups is 1. The third-order valence-electron chi connectivity index (χ3n) is 7.99. The molecule has 3 fully saturated rings. The van der Waals surface area contributed by atoms with E-state index in [1.807, 2.05) is 13.0 Å². The zero-order valence-electron chi connectivity index (χ0n) is 14.7. The van der Waals surface area contributed by atoms with Crippen LogP contribution >= 0.6 is 0 Å². The fraction of sp³-hybridized carbons (Fsp3) is 0.700. The minimum absolute atomic E-state index is 0.174. The molecule has 0 aromatic rings. The van der Waals surface area contributed by atoms with Crippen LogP contribution in [0.2, 0.25) is 0 Å². The maximum Gasteiger partial charge on any atom is 0.319 e. The van der Waals surface area contributed by atoms with Gasteiger partial charge < -0.3 is 9.84 Å². The van der Waals surface area contributed by atoms with E-state index < -0.39 is 22.4 Å². The van der Waals surface area contributed by atoms with Crippen LogP contribution in [0.15, 0.2) is 24.3 Å². The van der Waals surface area contributed by atoms with Crippen LogP contribution in [0, 0.1) is 28.6 Å². The molecule has 4 aliphatic rings. The van der Waals surface area contributed by atoms with Gasteiger partial charge in [-0.25, -0.2) is 0 Å². The molecule has 1 heterocycles. The van der Waals surface area contributed by atoms with Crippen molar-refractivity contribution in [2.75, 3.05) is 0 Å². The molecule has 3 aliphatic carbocycles. The van der Waals surface area contributed by atoms with Gasteiger partial charge in [0.25, 0.3) is 0 Å². The molecule has 7 atom stereocenters. The Hall–Kier alpha value is -1.42. The van der Waals surface area contributed by atoms with Gasteiger partial charge in [-0.3, -0.25) is 9.59 Å². The van der Waals surface area contributed by atoms with E-state index in [1.165, 1.54) is 5.57 Å². The molecule has 0 aromatic heterocycles. The van der Waals surface area contributed by atoms with Gasteiger partial charge >= 0.3 is 5.97 Å². The molecule has 1 saturated heterocycles. The van der Waals surface area contributed by atoms with Gasteiger partial charge in [-0.15, -0.1) is 0 Å². The van der Waals surface area contributed by atoms with Crippen LogP contribution in [0.1, 0.15) is 46.5 Å². The minimum atomic E-state index is -1.61. The van der Waals surface area contributed by atoms with Crippen molar-refractivity contribution in [3.05, 3.63) is 24.3 Å². The lowest BCUT2D eigenvalue weighted by Crippen LogP contribution is -2.80. The Balaban J connectivity index is 1.84. The van der Waals surface area contributed by atoms with E-state index >= 15 is 0 Å². The number of Topliss-reactive ketones (excluding diaryl/α,β-unsaturated/α-hetero) is 1. The molecule has 7 unspecified atom stereocenters. The molecule has 0 aromatic carbocycles. The summed E-state index contributed by atoms with van der Waals surface area (Å²) in [4.78, 5) is 25.5. The van der Waals surface area contributed by atoms with Crippen LogP contribution in [0.3, 0.4) is 0 Å². The first-order valence-corrected chi connectivity index (χ1v) is 9.01. The highest BCUT2D eigenvalue weighted by Crippen LogP contribution is 2.68. The standard InChI is InChI=1S/C20H26O4/c1-5-12-6-7-14-13(11(12)2)10-15(21)20(23)18(14,3)9-8-16-19(20,4)17(22)24-16/h5-6,11,13-14,16,23H,1,7-10H2,2-4H3. The lowest BCUT2D eigenvalue weighted by molar-refractivity contribution is -0.296. The van der Waals surface area contributed by atoms with Gasteiger partial charge in [0.15, 0.2) is 5.78 Å². The van der Waals surface area contributed by atoms with E-state index in [-0.39, 0.29) is 29.6 Å². The van der Waals surface area contributed by atoms with E-state index in [4.69, 9.17) is 4.74 Å². The Labute approximate surface area is 143 Å². The molecule has 24 heavy (non-hydrogen) atoms. The summed E-state index contributed by atoms with van der Waals surface area (Å²) in [6, 6.07) is 0. The van der Waals surface area contributed by atoms with Crippen LogP contribution in [0.5, 0.6) is 0 Å². The number of ketones is 1. The smallest absolute Gasteiger partial charge is 0.319 e. The normalized spacial score (nSPS) is 52.9. The van der Waals surface area contributed by atoms with Crippen LogP contribution in [-0.4, -0.2) is 28.6 Å². The van der Waals surface area contributed by atoms with Crippen molar-refractivity contribution < 1.29 is 19.4 Å². The van der Waals surface area contributed by atoms with Gasteiger partial charge in [-0.1, -0.05) is 32.6 Å². The monoisotopic (exact) mass is 330 g/mol. The van der Waals surface area contributed by atoms with Crippen LogP contribution in [0.4, 0.5) is 0 Å². The van der Waals surface area contributed by atoms with Crippen molar-refractivity contribution in [2.45, 2.75) is 58.2 Å². The highest BCUT2D eigenvalue weighted by molar-refractivity contribution is 5.99. The zero-order chi connectivity index (χ0) is 17.5. The molecule has 0 spiro atoms. The maximum absolute atomic E-state index is 13.2. The second-order valence-electron chi connectivity index (χ2n) is 8.59. The zero-order valence-corrected chi connectivity index (χ0v) is 14.7. The van der Waals surface area contributed by atoms with Crippen molar-refractivity contribution in [3.63, 3.8) is 0 Å². The summed E-state index contributed by atoms with van der Waals surface area (Å²) in [7, 11) is 0. The topological polar surface area (TPSA) is 63.6 Å². The molecule has 0 amide bonds. The molecular weight excluding hydrogens is 304 g/mol. The summed E-state index contributed by atoms with van der Waals surface area (Å²) >= 11 is 0. The number of esters is 1. The fourth-order valence-corrected chi connectivity index (χ4v) is 6.34. The third-order valence-corrected chi connectivity index (χ3v) is 7.99. The SMILES string of the molecule is C=CC1=CCC2C(CC(=O)C3(O)C2(C)CCC2OC(=O)C23C)C1C. The molecule has 4 nitrogen and oxygen atoms in total. The average Bonchev–Trinajstić information content (AvgIpc) is 2.56. The molecule has 0 radical (unpaired) electrons. The van der Waals surface area contributed by atoms with Crippen molar-refractivity contribution >= 4 is 11.8 Å². The molecule has 4 heteroatoms. The average molecular weight is 330 g/mol. The van der Waals surface area contributed by atoms with Gasteiger partial charge in [0.1, 0.15) is 17.1 Å². The summed E-state index contributed by atoms with van der Waals surface area (Å²) in [5, 5.41) is 11.7. The fourth-order valence-electron chi connectivity index (χ4n) is 6.34. The van der Waals surface area contributed by atoms with Crippen molar-refractivity contribution in [3.8, 4) is 0 Å². The number of carbonyl (C=O) groups is 2. The Morgan fingerprint density at radius 1 is 1.38 bits per heavy atom. The maximum atomic E-state index is 13.2. The molecule has 2 saturated carbocycles. The number of hydrogen-bond donors (Lipinski definition) is 1. The predicted octanol–water partition coefficient (Wildman–Crippen LogP) is 2.81. The van der Waals surface area contributed by atoms with E-state index in [0.717, 1.165) is 12.8 Å². The molecule has 0 bridgehead atoms. The molecule has 1 N–H and O–H groups in total. The minimum Gasteiger partial charge on any atom is -0.460 e. The summed E-state index contributed by atoms with van der Waals surface area (Å²) in [6.07, 6.45) is 6.36. The summed E-state index contributed by atoms with van der Waals surface area (Å²) in [6.45, 7) is 9.80. The van der Waals surface area contributed by atoms with E-state index in [9.17, 15) is 14.7 Å². The summed E-state index contributed by atoms with van der Waals surface area (Å²) in [5.41, 5.74) is -2.09. The van der Waals surface area contributed by atoms with Crippen LogP contribution in [0.25, 0.3) is 0 Å². The van der Waals surface area contributed by atoms with E-state index in [0.29, 0.717) is 12.8 Å². The van der Waals surface area contributed by atoms with Crippen molar-refractivity contribution in [2.24, 2.45) is 28.6 Å². The van der Waals surface area contributed by atoms with E-state index in [1.54, 1.807) is 6.92 Å².